The lowest BCUT2D eigenvalue weighted by molar-refractivity contribution is 0.0937. The number of halogens is 1. The summed E-state index contributed by atoms with van der Waals surface area (Å²) in [4.78, 5) is 14.8. The van der Waals surface area contributed by atoms with E-state index < -0.39 is 0 Å². The van der Waals surface area contributed by atoms with Gasteiger partial charge in [0.05, 0.1) is 23.7 Å². The smallest absolute Gasteiger partial charge is 0.125 e. The summed E-state index contributed by atoms with van der Waals surface area (Å²) in [5.74, 6) is 0.513. The third-order valence-electron chi connectivity index (χ3n) is 4.97. The van der Waals surface area contributed by atoms with Gasteiger partial charge in [-0.2, -0.15) is 0 Å². The van der Waals surface area contributed by atoms with Crippen LogP contribution in [0.4, 0.5) is 4.39 Å². The largest absolute Gasteiger partial charge is 0.390 e. The number of imidazole rings is 1. The number of hydrogen-bond acceptors (Lipinski definition) is 5. The Kier molecular flexibility index (Phi) is 4.79. The number of aromatic amines is 1. The van der Waals surface area contributed by atoms with Crippen molar-refractivity contribution >= 4 is 22.4 Å². The number of aromatic nitrogens is 2. The third kappa shape index (κ3) is 3.66. The van der Waals surface area contributed by atoms with Crippen molar-refractivity contribution in [3.63, 3.8) is 0 Å². The Morgan fingerprint density at radius 1 is 1.35 bits per heavy atom. The minimum atomic E-state index is -0.386. The molecule has 5 nitrogen and oxygen atoms in total. The third-order valence-corrected chi connectivity index (χ3v) is 5.95. The molecule has 1 aliphatic heterocycles. The highest BCUT2D eigenvalue weighted by Gasteiger charge is 2.34. The lowest BCUT2D eigenvalue weighted by Crippen LogP contribution is -2.40. The van der Waals surface area contributed by atoms with Crippen molar-refractivity contribution in [2.75, 3.05) is 20.1 Å². The number of likely N-dealkylation sites (N-methyl/N-ethyl adjacent to an activating group) is 1. The summed E-state index contributed by atoms with van der Waals surface area (Å²) < 4.78 is 13.3. The number of aliphatic hydroxyl groups is 1. The van der Waals surface area contributed by atoms with Gasteiger partial charge >= 0.3 is 0 Å². The fourth-order valence-corrected chi connectivity index (χ4v) is 4.60. The molecule has 3 aromatic rings. The average Bonchev–Trinajstić information content (AvgIpc) is 3.26. The molecule has 1 fully saturated rings. The maximum Gasteiger partial charge on any atom is 0.125 e. The molecule has 0 aliphatic carbocycles. The molecule has 0 amide bonds. The molecule has 2 atom stereocenters. The summed E-state index contributed by atoms with van der Waals surface area (Å²) in [6.45, 7) is 5.08. The van der Waals surface area contributed by atoms with Gasteiger partial charge in [-0.05, 0) is 44.3 Å². The van der Waals surface area contributed by atoms with Crippen LogP contribution >= 0.6 is 11.3 Å². The Balaban J connectivity index is 1.41. The topological polar surface area (TPSA) is 55.4 Å². The molecule has 138 valence electrons. The number of nitrogens with zero attached hydrogens (tertiary/aromatic N) is 3. The molecular weight excluding hydrogens is 351 g/mol. The number of aryl methyl sites for hydroxylation is 1. The fourth-order valence-electron chi connectivity index (χ4n) is 3.66. The van der Waals surface area contributed by atoms with Gasteiger partial charge in [0.25, 0.3) is 0 Å². The average molecular weight is 374 g/mol. The standard InChI is InChI=1S/C19H23FN4OS/c1-12-3-5-14(26-12)8-24-9-17(18(25)10-24)23(2)11-19-21-15-6-4-13(20)7-16(15)22-19/h3-7,17-18,25H,8-11H2,1-2H3,(H,21,22)/t17-,18-/m1/s1. The van der Waals surface area contributed by atoms with Crippen LogP contribution < -0.4 is 0 Å². The number of hydrogen-bond donors (Lipinski definition) is 2. The van der Waals surface area contributed by atoms with Crippen LogP contribution in [0.5, 0.6) is 0 Å². The van der Waals surface area contributed by atoms with E-state index in [4.69, 9.17) is 0 Å². The maximum absolute atomic E-state index is 13.3. The first-order valence-electron chi connectivity index (χ1n) is 8.78. The zero-order chi connectivity index (χ0) is 18.3. The zero-order valence-corrected chi connectivity index (χ0v) is 15.8. The number of rotatable bonds is 5. The van der Waals surface area contributed by atoms with Crippen molar-refractivity contribution in [1.29, 1.82) is 0 Å². The fraction of sp³-hybridized carbons (Fsp3) is 0.421. The lowest BCUT2D eigenvalue weighted by atomic mass is 10.2. The summed E-state index contributed by atoms with van der Waals surface area (Å²) >= 11 is 1.81. The van der Waals surface area contributed by atoms with E-state index in [2.05, 4.69) is 38.8 Å². The van der Waals surface area contributed by atoms with Gasteiger partial charge in [0.15, 0.2) is 0 Å². The Hall–Kier alpha value is -1.80. The van der Waals surface area contributed by atoms with Crippen LogP contribution in [0.15, 0.2) is 30.3 Å². The summed E-state index contributed by atoms with van der Waals surface area (Å²) in [6.07, 6.45) is -0.386. The van der Waals surface area contributed by atoms with Gasteiger partial charge in [0.2, 0.25) is 0 Å². The summed E-state index contributed by atoms with van der Waals surface area (Å²) in [6, 6.07) is 8.92. The number of aliphatic hydroxyl groups excluding tert-OH is 1. The quantitative estimate of drug-likeness (QED) is 0.721. The molecule has 3 heterocycles. The Bertz CT molecular complexity index is 908. The molecular formula is C19H23FN4OS. The molecule has 0 bridgehead atoms. The van der Waals surface area contributed by atoms with Crippen molar-refractivity contribution in [3.8, 4) is 0 Å². The number of likely N-dealkylation sites (tertiary alicyclic amines) is 1. The number of fused-ring (bicyclic) bond motifs is 1. The zero-order valence-electron chi connectivity index (χ0n) is 14.9. The van der Waals surface area contributed by atoms with E-state index in [1.807, 2.05) is 18.4 Å². The van der Waals surface area contributed by atoms with E-state index in [0.717, 1.165) is 24.4 Å². The van der Waals surface area contributed by atoms with E-state index in [9.17, 15) is 9.50 Å². The molecule has 0 spiro atoms. The van der Waals surface area contributed by atoms with Gasteiger partial charge in [-0.15, -0.1) is 11.3 Å². The first-order chi connectivity index (χ1) is 12.5. The number of nitrogens with one attached hydrogen (secondary N) is 1. The van der Waals surface area contributed by atoms with E-state index >= 15 is 0 Å². The van der Waals surface area contributed by atoms with Gasteiger partial charge in [-0.1, -0.05) is 0 Å². The highest BCUT2D eigenvalue weighted by molar-refractivity contribution is 7.11. The second-order valence-electron chi connectivity index (χ2n) is 7.10. The monoisotopic (exact) mass is 374 g/mol. The molecule has 0 saturated carbocycles. The minimum Gasteiger partial charge on any atom is -0.390 e. The molecule has 4 rings (SSSR count). The lowest BCUT2D eigenvalue weighted by Gasteiger charge is -2.25. The van der Waals surface area contributed by atoms with E-state index in [0.29, 0.717) is 18.6 Å². The van der Waals surface area contributed by atoms with E-state index in [1.54, 1.807) is 6.07 Å². The van der Waals surface area contributed by atoms with Crippen molar-refractivity contribution in [2.24, 2.45) is 0 Å². The maximum atomic E-state index is 13.3. The Labute approximate surface area is 156 Å². The Morgan fingerprint density at radius 2 is 2.19 bits per heavy atom. The van der Waals surface area contributed by atoms with Crippen LogP contribution in [-0.2, 0) is 13.1 Å². The Morgan fingerprint density at radius 3 is 2.96 bits per heavy atom. The van der Waals surface area contributed by atoms with Crippen molar-refractivity contribution < 1.29 is 9.50 Å². The second kappa shape index (κ2) is 7.08. The predicted octanol–water partition coefficient (Wildman–Crippen LogP) is 2.75. The first kappa shape index (κ1) is 17.6. The summed E-state index contributed by atoms with van der Waals surface area (Å²) in [5, 5.41) is 10.5. The van der Waals surface area contributed by atoms with Crippen LogP contribution in [0.25, 0.3) is 11.0 Å². The molecule has 0 radical (unpaired) electrons. The van der Waals surface area contributed by atoms with Crippen LogP contribution in [0.3, 0.4) is 0 Å². The van der Waals surface area contributed by atoms with Crippen LogP contribution in [-0.4, -0.2) is 57.2 Å². The normalized spacial score (nSPS) is 21.3. The number of benzene rings is 1. The molecule has 2 N–H and O–H groups in total. The molecule has 26 heavy (non-hydrogen) atoms. The van der Waals surface area contributed by atoms with Gasteiger partial charge in [-0.25, -0.2) is 9.37 Å². The molecule has 7 heteroatoms. The molecule has 1 aromatic carbocycles. The van der Waals surface area contributed by atoms with Crippen LogP contribution in [0, 0.1) is 12.7 Å². The minimum absolute atomic E-state index is 0.0565. The summed E-state index contributed by atoms with van der Waals surface area (Å²) in [5.41, 5.74) is 1.46. The van der Waals surface area contributed by atoms with Crippen molar-refractivity contribution in [1.82, 2.24) is 19.8 Å². The molecule has 0 unspecified atom stereocenters. The number of H-pyrrole nitrogens is 1. The predicted molar refractivity (Wildman–Crippen MR) is 102 cm³/mol. The van der Waals surface area contributed by atoms with Crippen molar-refractivity contribution in [3.05, 3.63) is 51.7 Å². The van der Waals surface area contributed by atoms with E-state index in [1.165, 1.54) is 21.9 Å². The van der Waals surface area contributed by atoms with Gasteiger partial charge in [0.1, 0.15) is 11.6 Å². The number of thiophene rings is 1. The second-order valence-corrected chi connectivity index (χ2v) is 8.47. The first-order valence-corrected chi connectivity index (χ1v) is 9.60. The number of β-amino-alcohol motifs (C(OH)–C–C–N with tert-alkyl or cyclic N) is 1. The van der Waals surface area contributed by atoms with Crippen molar-refractivity contribution in [2.45, 2.75) is 32.2 Å². The van der Waals surface area contributed by atoms with Crippen LogP contribution in [0.1, 0.15) is 15.6 Å². The SMILES string of the molecule is Cc1ccc(CN2C[C@@H](O)[C@H](N(C)Cc3nc4ccc(F)cc4[nH]3)C2)s1. The molecule has 2 aromatic heterocycles. The van der Waals surface area contributed by atoms with Gasteiger partial charge in [0, 0.05) is 35.4 Å². The van der Waals surface area contributed by atoms with Gasteiger partial charge in [-0.3, -0.25) is 9.80 Å². The molecule has 1 saturated heterocycles. The highest BCUT2D eigenvalue weighted by Crippen LogP contribution is 2.23. The highest BCUT2D eigenvalue weighted by atomic mass is 32.1. The van der Waals surface area contributed by atoms with E-state index in [-0.39, 0.29) is 18.0 Å². The van der Waals surface area contributed by atoms with Gasteiger partial charge < -0.3 is 10.1 Å². The van der Waals surface area contributed by atoms with Crippen LogP contribution in [0.2, 0.25) is 0 Å². The molecule has 1 aliphatic rings. The summed E-state index contributed by atoms with van der Waals surface area (Å²) in [7, 11) is 2.00.